The number of amides is 1. The summed E-state index contributed by atoms with van der Waals surface area (Å²) in [5.74, 6) is -4.87. The van der Waals surface area contributed by atoms with E-state index in [1.165, 1.54) is 6.07 Å². The van der Waals surface area contributed by atoms with Crippen LogP contribution in [0.3, 0.4) is 0 Å². The van der Waals surface area contributed by atoms with Crippen molar-refractivity contribution in [1.82, 2.24) is 10.2 Å². The van der Waals surface area contributed by atoms with Crippen LogP contribution in [0.15, 0.2) is 18.2 Å². The minimum Gasteiger partial charge on any atom is -0.444 e. The average Bonchev–Trinajstić information content (AvgIpc) is 2.70. The Hall–Kier alpha value is -1.90. The number of alkyl carbamates (subject to hydrolysis) is 1. The molecule has 33 heavy (non-hydrogen) atoms. The number of halogens is 5. The molecule has 1 amide bonds. The molecule has 1 aliphatic carbocycles. The third kappa shape index (κ3) is 6.16. The highest BCUT2D eigenvalue weighted by Crippen LogP contribution is 2.46. The molecule has 0 radical (unpaired) electrons. The molecule has 0 saturated heterocycles. The molecule has 3 rings (SSSR count). The molecular weight excluding hydrogens is 443 g/mol. The zero-order valence-electron chi connectivity index (χ0n) is 19.5. The zero-order chi connectivity index (χ0) is 24.5. The van der Waals surface area contributed by atoms with E-state index in [0.717, 1.165) is 38.2 Å². The van der Waals surface area contributed by atoms with E-state index in [1.54, 1.807) is 6.07 Å². The number of rotatable bonds is 5. The van der Waals surface area contributed by atoms with Gasteiger partial charge in [0, 0.05) is 30.7 Å². The quantitative estimate of drug-likeness (QED) is 0.506. The fourth-order valence-electron chi connectivity index (χ4n) is 4.86. The van der Waals surface area contributed by atoms with Crippen molar-refractivity contribution >= 4 is 6.09 Å². The molecule has 1 heterocycles. The van der Waals surface area contributed by atoms with Crippen LogP contribution in [0.2, 0.25) is 0 Å². The molecule has 186 valence electrons. The maximum atomic E-state index is 14.0. The van der Waals surface area contributed by atoms with Crippen molar-refractivity contribution in [2.24, 2.45) is 0 Å². The summed E-state index contributed by atoms with van der Waals surface area (Å²) in [4.78, 5) is 14.5. The highest BCUT2D eigenvalue weighted by Gasteiger charge is 2.59. The standard InChI is InChI=1S/C24H33F5N2O2/c1-21(2,3)33-20(32)30-22(11-5-4-6-12-22)13-15-31-14-10-18-17(16-31)8-7-9-19(18)23(25,26)24(27,28)29/h7-9H,4-6,10-16H2,1-3H3,(H,30,32). The number of nitrogens with zero attached hydrogens (tertiary/aromatic N) is 1. The lowest BCUT2D eigenvalue weighted by Crippen LogP contribution is -2.53. The second kappa shape index (κ2) is 9.39. The second-order valence-electron chi connectivity index (χ2n) is 10.3. The van der Waals surface area contributed by atoms with Gasteiger partial charge in [-0.25, -0.2) is 4.79 Å². The summed E-state index contributed by atoms with van der Waals surface area (Å²) < 4.78 is 72.3. The van der Waals surface area contributed by atoms with Crippen LogP contribution in [-0.2, 0) is 23.6 Å². The summed E-state index contributed by atoms with van der Waals surface area (Å²) >= 11 is 0. The van der Waals surface area contributed by atoms with Crippen molar-refractivity contribution in [2.45, 2.75) is 95.5 Å². The first-order chi connectivity index (χ1) is 15.2. The van der Waals surface area contributed by atoms with Gasteiger partial charge in [0.25, 0.3) is 0 Å². The van der Waals surface area contributed by atoms with Gasteiger partial charge >= 0.3 is 18.2 Å². The van der Waals surface area contributed by atoms with Gasteiger partial charge in [-0.1, -0.05) is 37.5 Å². The average molecular weight is 477 g/mol. The number of carbonyl (C=O) groups excluding carboxylic acids is 1. The Bertz CT molecular complexity index is 842. The lowest BCUT2D eigenvalue weighted by molar-refractivity contribution is -0.289. The molecule has 1 N–H and O–H groups in total. The Morgan fingerprint density at radius 3 is 2.36 bits per heavy atom. The fraction of sp³-hybridized carbons (Fsp3) is 0.708. The minimum atomic E-state index is -5.63. The molecular formula is C24H33F5N2O2. The van der Waals surface area contributed by atoms with E-state index in [0.29, 0.717) is 31.6 Å². The van der Waals surface area contributed by atoms with Crippen LogP contribution >= 0.6 is 0 Å². The van der Waals surface area contributed by atoms with Gasteiger partial charge in [0.1, 0.15) is 5.60 Å². The molecule has 0 aromatic heterocycles. The highest BCUT2D eigenvalue weighted by molar-refractivity contribution is 5.68. The first-order valence-corrected chi connectivity index (χ1v) is 11.5. The van der Waals surface area contributed by atoms with E-state index < -0.39 is 34.9 Å². The third-order valence-corrected chi connectivity index (χ3v) is 6.52. The number of ether oxygens (including phenoxy) is 1. The van der Waals surface area contributed by atoms with E-state index >= 15 is 0 Å². The van der Waals surface area contributed by atoms with Gasteiger partial charge in [-0.2, -0.15) is 22.0 Å². The Labute approximate surface area is 191 Å². The van der Waals surface area contributed by atoms with Crippen LogP contribution in [0.4, 0.5) is 26.7 Å². The van der Waals surface area contributed by atoms with E-state index in [9.17, 15) is 26.7 Å². The summed E-state index contributed by atoms with van der Waals surface area (Å²) in [5, 5.41) is 3.08. The van der Waals surface area contributed by atoms with Crippen molar-refractivity contribution in [3.05, 3.63) is 34.9 Å². The van der Waals surface area contributed by atoms with Gasteiger partial charge < -0.3 is 10.1 Å². The lowest BCUT2D eigenvalue weighted by atomic mass is 9.79. The first kappa shape index (κ1) is 25.7. The van der Waals surface area contributed by atoms with Crippen molar-refractivity contribution in [2.75, 3.05) is 13.1 Å². The Balaban J connectivity index is 1.69. The molecule has 0 bridgehead atoms. The first-order valence-electron chi connectivity index (χ1n) is 11.5. The molecule has 2 aliphatic rings. The van der Waals surface area contributed by atoms with Crippen molar-refractivity contribution in [3.63, 3.8) is 0 Å². The van der Waals surface area contributed by atoms with Crippen LogP contribution in [-0.4, -0.2) is 41.4 Å². The molecule has 1 saturated carbocycles. The van der Waals surface area contributed by atoms with Gasteiger partial charge in [-0.05, 0) is 57.6 Å². The Morgan fingerprint density at radius 1 is 1.09 bits per heavy atom. The third-order valence-electron chi connectivity index (χ3n) is 6.52. The molecule has 1 aliphatic heterocycles. The number of fused-ring (bicyclic) bond motifs is 1. The number of nitrogens with one attached hydrogen (secondary N) is 1. The largest absolute Gasteiger partial charge is 0.458 e. The predicted octanol–water partition coefficient (Wildman–Crippen LogP) is 6.32. The second-order valence-corrected chi connectivity index (χ2v) is 10.3. The molecule has 1 aromatic carbocycles. The summed E-state index contributed by atoms with van der Waals surface area (Å²) in [7, 11) is 0. The van der Waals surface area contributed by atoms with E-state index in [4.69, 9.17) is 4.74 Å². The van der Waals surface area contributed by atoms with E-state index in [1.807, 2.05) is 20.8 Å². The molecule has 1 aromatic rings. The normalized spacial score (nSPS) is 19.6. The number of benzene rings is 1. The van der Waals surface area contributed by atoms with Gasteiger partial charge in [0.2, 0.25) is 0 Å². The van der Waals surface area contributed by atoms with Crippen LogP contribution in [0.25, 0.3) is 0 Å². The summed E-state index contributed by atoms with van der Waals surface area (Å²) in [6.45, 7) is 6.72. The summed E-state index contributed by atoms with van der Waals surface area (Å²) in [6, 6.07) is 3.76. The Kier molecular flexibility index (Phi) is 7.32. The summed E-state index contributed by atoms with van der Waals surface area (Å²) in [5.41, 5.74) is -1.35. The monoisotopic (exact) mass is 476 g/mol. The van der Waals surface area contributed by atoms with Crippen LogP contribution in [0.1, 0.15) is 76.0 Å². The zero-order valence-corrected chi connectivity index (χ0v) is 19.5. The number of hydrogen-bond donors (Lipinski definition) is 1. The minimum absolute atomic E-state index is 0.0929. The number of alkyl halides is 5. The van der Waals surface area contributed by atoms with Gasteiger partial charge in [0.05, 0.1) is 0 Å². The topological polar surface area (TPSA) is 41.6 Å². The van der Waals surface area contributed by atoms with Crippen molar-refractivity contribution in [3.8, 4) is 0 Å². The van der Waals surface area contributed by atoms with E-state index in [2.05, 4.69) is 10.2 Å². The lowest BCUT2D eigenvalue weighted by Gasteiger charge is -2.40. The fourth-order valence-corrected chi connectivity index (χ4v) is 4.86. The summed E-state index contributed by atoms with van der Waals surface area (Å²) in [6.07, 6.45) is -0.526. The molecule has 1 fully saturated rings. The molecule has 4 nitrogen and oxygen atoms in total. The molecule has 9 heteroatoms. The SMILES string of the molecule is CC(C)(C)OC(=O)NC1(CCN2CCc3c(cccc3C(F)(F)C(F)(F)F)C2)CCCCC1. The van der Waals surface area contributed by atoms with Crippen LogP contribution < -0.4 is 5.32 Å². The highest BCUT2D eigenvalue weighted by atomic mass is 19.4. The smallest absolute Gasteiger partial charge is 0.444 e. The maximum absolute atomic E-state index is 14.0. The van der Waals surface area contributed by atoms with Crippen molar-refractivity contribution < 1.29 is 31.5 Å². The molecule has 0 atom stereocenters. The Morgan fingerprint density at radius 2 is 1.76 bits per heavy atom. The predicted molar refractivity (Wildman–Crippen MR) is 115 cm³/mol. The number of carbonyl (C=O) groups is 1. The molecule has 0 spiro atoms. The molecule has 0 unspecified atom stereocenters. The van der Waals surface area contributed by atoms with Crippen LogP contribution in [0, 0.1) is 0 Å². The van der Waals surface area contributed by atoms with Gasteiger partial charge in [-0.3, -0.25) is 4.90 Å². The van der Waals surface area contributed by atoms with Gasteiger partial charge in [0.15, 0.2) is 0 Å². The van der Waals surface area contributed by atoms with E-state index in [-0.39, 0.29) is 12.0 Å². The van der Waals surface area contributed by atoms with Crippen LogP contribution in [0.5, 0.6) is 0 Å². The van der Waals surface area contributed by atoms with Crippen molar-refractivity contribution in [1.29, 1.82) is 0 Å². The van der Waals surface area contributed by atoms with Gasteiger partial charge in [-0.15, -0.1) is 0 Å². The maximum Gasteiger partial charge on any atom is 0.458 e. The number of hydrogen-bond acceptors (Lipinski definition) is 3.